The number of ether oxygens (including phenoxy) is 1. The molecule has 1 unspecified atom stereocenters. The van der Waals surface area contributed by atoms with Gasteiger partial charge in [-0.1, -0.05) is 41.7 Å². The summed E-state index contributed by atoms with van der Waals surface area (Å²) in [5.41, 5.74) is 1.50. The average Bonchev–Trinajstić information content (AvgIpc) is 3.11. The number of nitrogens with zero attached hydrogens (tertiary/aromatic N) is 2. The Morgan fingerprint density at radius 3 is 2.77 bits per heavy atom. The normalized spacial score (nSPS) is 17.3. The molecule has 2 heterocycles. The van der Waals surface area contributed by atoms with E-state index >= 15 is 0 Å². The molecule has 0 bridgehead atoms. The highest BCUT2D eigenvalue weighted by atomic mass is 32.2. The monoisotopic (exact) mass is 445 g/mol. The molecule has 1 aliphatic heterocycles. The van der Waals surface area contributed by atoms with E-state index in [0.29, 0.717) is 21.9 Å². The van der Waals surface area contributed by atoms with Crippen LogP contribution in [0.5, 0.6) is 0 Å². The number of hydrogen-bond acceptors (Lipinski definition) is 7. The first-order valence-electron chi connectivity index (χ1n) is 9.14. The van der Waals surface area contributed by atoms with Gasteiger partial charge in [-0.15, -0.1) is 0 Å². The van der Waals surface area contributed by atoms with Crippen LogP contribution in [-0.4, -0.2) is 55.6 Å². The molecule has 3 aromatic rings. The van der Waals surface area contributed by atoms with Crippen molar-refractivity contribution in [1.82, 2.24) is 9.88 Å². The standard InChI is InChI=1S/C20H19N3O5S2/c1-30(26,27)14-7-8-15-17(9-14)29-20(21-15)22-19(25)16-11-28-12-18(24)23(16)10-13-5-3-2-4-6-13/h2-9,16H,10-12H2,1H3,(H,21,22,25). The largest absolute Gasteiger partial charge is 0.369 e. The van der Waals surface area contributed by atoms with Gasteiger partial charge >= 0.3 is 0 Å². The number of benzene rings is 2. The van der Waals surface area contributed by atoms with Gasteiger partial charge in [0.1, 0.15) is 12.6 Å². The number of morpholine rings is 1. The van der Waals surface area contributed by atoms with E-state index in [9.17, 15) is 18.0 Å². The molecule has 10 heteroatoms. The smallest absolute Gasteiger partial charge is 0.251 e. The lowest BCUT2D eigenvalue weighted by Gasteiger charge is -2.34. The molecule has 1 atom stereocenters. The third kappa shape index (κ3) is 4.35. The maximum absolute atomic E-state index is 12.9. The lowest BCUT2D eigenvalue weighted by molar-refractivity contribution is -0.154. The van der Waals surface area contributed by atoms with E-state index in [0.717, 1.165) is 11.8 Å². The molecule has 0 aliphatic carbocycles. The maximum Gasteiger partial charge on any atom is 0.251 e. The van der Waals surface area contributed by atoms with Crippen LogP contribution in [-0.2, 0) is 30.7 Å². The van der Waals surface area contributed by atoms with Gasteiger partial charge in [0.05, 0.1) is 21.7 Å². The van der Waals surface area contributed by atoms with Crippen molar-refractivity contribution >= 4 is 48.3 Å². The summed E-state index contributed by atoms with van der Waals surface area (Å²) in [4.78, 5) is 31.3. The van der Waals surface area contributed by atoms with E-state index in [1.165, 1.54) is 28.4 Å². The number of amides is 2. The summed E-state index contributed by atoms with van der Waals surface area (Å²) in [6.07, 6.45) is 1.14. The molecule has 1 saturated heterocycles. The van der Waals surface area contributed by atoms with E-state index in [4.69, 9.17) is 4.74 Å². The Morgan fingerprint density at radius 1 is 1.27 bits per heavy atom. The lowest BCUT2D eigenvalue weighted by atomic mass is 10.1. The number of fused-ring (bicyclic) bond motifs is 1. The zero-order valence-corrected chi connectivity index (χ0v) is 17.7. The van der Waals surface area contributed by atoms with Gasteiger partial charge in [0.2, 0.25) is 5.91 Å². The van der Waals surface area contributed by atoms with Crippen molar-refractivity contribution in [3.8, 4) is 0 Å². The van der Waals surface area contributed by atoms with Gasteiger partial charge < -0.3 is 15.0 Å². The van der Waals surface area contributed by atoms with Crippen LogP contribution >= 0.6 is 11.3 Å². The zero-order chi connectivity index (χ0) is 21.3. The fourth-order valence-electron chi connectivity index (χ4n) is 3.18. The van der Waals surface area contributed by atoms with Gasteiger partial charge in [-0.2, -0.15) is 0 Å². The van der Waals surface area contributed by atoms with Crippen LogP contribution in [0.3, 0.4) is 0 Å². The van der Waals surface area contributed by atoms with E-state index in [-0.39, 0.29) is 24.0 Å². The second-order valence-corrected chi connectivity index (χ2v) is 9.99. The molecule has 30 heavy (non-hydrogen) atoms. The minimum Gasteiger partial charge on any atom is -0.369 e. The molecule has 0 saturated carbocycles. The molecule has 156 valence electrons. The van der Waals surface area contributed by atoms with Crippen molar-refractivity contribution in [2.24, 2.45) is 0 Å². The number of hydrogen-bond donors (Lipinski definition) is 1. The van der Waals surface area contributed by atoms with Crippen LogP contribution in [0.1, 0.15) is 5.56 Å². The molecule has 1 N–H and O–H groups in total. The highest BCUT2D eigenvalue weighted by Gasteiger charge is 2.34. The number of thiazole rings is 1. The maximum atomic E-state index is 12.9. The van der Waals surface area contributed by atoms with Gasteiger partial charge in [0, 0.05) is 12.8 Å². The second kappa shape index (κ2) is 8.13. The molecule has 2 aromatic carbocycles. The average molecular weight is 446 g/mol. The Balaban J connectivity index is 1.54. The van der Waals surface area contributed by atoms with Crippen molar-refractivity contribution in [2.75, 3.05) is 24.8 Å². The summed E-state index contributed by atoms with van der Waals surface area (Å²) < 4.78 is 29.4. The summed E-state index contributed by atoms with van der Waals surface area (Å²) in [5, 5.41) is 3.07. The molecule has 1 aromatic heterocycles. The first-order chi connectivity index (χ1) is 14.3. The third-order valence-electron chi connectivity index (χ3n) is 4.71. The second-order valence-electron chi connectivity index (χ2n) is 6.95. The number of carbonyl (C=O) groups excluding carboxylic acids is 2. The van der Waals surface area contributed by atoms with E-state index < -0.39 is 21.8 Å². The van der Waals surface area contributed by atoms with E-state index in [1.807, 2.05) is 30.3 Å². The summed E-state index contributed by atoms with van der Waals surface area (Å²) in [7, 11) is -3.34. The number of anilines is 1. The molecule has 0 spiro atoms. The van der Waals surface area contributed by atoms with Gasteiger partial charge in [-0.05, 0) is 23.8 Å². The van der Waals surface area contributed by atoms with Crippen molar-refractivity contribution in [2.45, 2.75) is 17.5 Å². The molecule has 2 amide bonds. The molecule has 1 fully saturated rings. The van der Waals surface area contributed by atoms with Gasteiger partial charge in [0.25, 0.3) is 5.91 Å². The van der Waals surface area contributed by atoms with Crippen LogP contribution in [0.25, 0.3) is 10.2 Å². The third-order valence-corrected chi connectivity index (χ3v) is 6.76. The number of sulfone groups is 1. The van der Waals surface area contributed by atoms with Crippen molar-refractivity contribution in [1.29, 1.82) is 0 Å². The van der Waals surface area contributed by atoms with Crippen LogP contribution in [0.4, 0.5) is 5.13 Å². The van der Waals surface area contributed by atoms with Gasteiger partial charge in [-0.25, -0.2) is 13.4 Å². The molecular formula is C20H19N3O5S2. The lowest BCUT2D eigenvalue weighted by Crippen LogP contribution is -2.54. The van der Waals surface area contributed by atoms with Crippen molar-refractivity contribution in [3.05, 3.63) is 54.1 Å². The fraction of sp³-hybridized carbons (Fsp3) is 0.250. The highest BCUT2D eigenvalue weighted by Crippen LogP contribution is 2.28. The Kier molecular flexibility index (Phi) is 5.54. The Labute approximate surface area is 177 Å². The summed E-state index contributed by atoms with van der Waals surface area (Å²) in [5.74, 6) is -0.659. The zero-order valence-electron chi connectivity index (χ0n) is 16.1. The van der Waals surface area contributed by atoms with Gasteiger partial charge in [0.15, 0.2) is 15.0 Å². The molecule has 1 aliphatic rings. The van der Waals surface area contributed by atoms with Crippen LogP contribution < -0.4 is 5.32 Å². The number of carbonyl (C=O) groups is 2. The van der Waals surface area contributed by atoms with Crippen molar-refractivity contribution < 1.29 is 22.7 Å². The number of nitrogens with one attached hydrogen (secondary N) is 1. The topological polar surface area (TPSA) is 106 Å². The van der Waals surface area contributed by atoms with Crippen LogP contribution in [0, 0.1) is 0 Å². The summed E-state index contributed by atoms with van der Waals surface area (Å²) in [6, 6.07) is 13.3. The van der Waals surface area contributed by atoms with Gasteiger partial charge in [-0.3, -0.25) is 9.59 Å². The minimum absolute atomic E-state index is 0.0635. The van der Waals surface area contributed by atoms with E-state index in [2.05, 4.69) is 10.3 Å². The quantitative estimate of drug-likeness (QED) is 0.645. The Morgan fingerprint density at radius 2 is 2.03 bits per heavy atom. The highest BCUT2D eigenvalue weighted by molar-refractivity contribution is 7.90. The van der Waals surface area contributed by atoms with E-state index in [1.54, 1.807) is 6.07 Å². The van der Waals surface area contributed by atoms with Crippen LogP contribution in [0.2, 0.25) is 0 Å². The summed E-state index contributed by atoms with van der Waals surface area (Å²) >= 11 is 1.17. The number of aromatic nitrogens is 1. The van der Waals surface area contributed by atoms with Crippen LogP contribution in [0.15, 0.2) is 53.4 Å². The first kappa shape index (κ1) is 20.5. The molecular weight excluding hydrogens is 426 g/mol. The fourth-order valence-corrected chi connectivity index (χ4v) is 4.81. The Hall–Kier alpha value is -2.82. The molecule has 8 nitrogen and oxygen atoms in total. The molecule has 4 rings (SSSR count). The predicted molar refractivity (Wildman–Crippen MR) is 113 cm³/mol. The minimum atomic E-state index is -3.34. The molecule has 0 radical (unpaired) electrons. The predicted octanol–water partition coefficient (Wildman–Crippen LogP) is 2.07. The Bertz CT molecular complexity index is 1210. The SMILES string of the molecule is CS(=O)(=O)c1ccc2nc(NC(=O)C3COCC(=O)N3Cc3ccccc3)sc2c1. The first-order valence-corrected chi connectivity index (χ1v) is 11.8. The van der Waals surface area contributed by atoms with Crippen molar-refractivity contribution in [3.63, 3.8) is 0 Å². The number of rotatable bonds is 5. The summed E-state index contributed by atoms with van der Waals surface area (Å²) in [6.45, 7) is 0.332.